The van der Waals surface area contributed by atoms with E-state index in [2.05, 4.69) is 4.99 Å². The number of phenols is 1. The predicted molar refractivity (Wildman–Crippen MR) is 75.6 cm³/mol. The van der Waals surface area contributed by atoms with Crippen molar-refractivity contribution in [3.8, 4) is 5.75 Å². The standard InChI is InChI=1S/C16H15NO2/c1-12(18)16(13-7-3-2-4-8-13)17-11-14-9-5-6-10-15(14)19/h2-11,16,19H,1H3/t16-/m0/s1. The van der Waals surface area contributed by atoms with Crippen LogP contribution < -0.4 is 0 Å². The Morgan fingerprint density at radius 1 is 1.11 bits per heavy atom. The van der Waals surface area contributed by atoms with Gasteiger partial charge in [-0.25, -0.2) is 0 Å². The maximum Gasteiger partial charge on any atom is 0.158 e. The molecule has 0 radical (unpaired) electrons. The van der Waals surface area contributed by atoms with Gasteiger partial charge < -0.3 is 5.11 Å². The molecule has 0 aliphatic heterocycles. The number of rotatable bonds is 4. The van der Waals surface area contributed by atoms with Crippen LogP contribution in [0.4, 0.5) is 0 Å². The van der Waals surface area contributed by atoms with Crippen LogP contribution in [0.2, 0.25) is 0 Å². The van der Waals surface area contributed by atoms with Crippen LogP contribution in [0.5, 0.6) is 5.75 Å². The summed E-state index contributed by atoms with van der Waals surface area (Å²) in [5.41, 5.74) is 1.45. The third kappa shape index (κ3) is 3.28. The normalized spacial score (nSPS) is 12.5. The molecule has 1 N–H and O–H groups in total. The van der Waals surface area contributed by atoms with E-state index in [1.165, 1.54) is 13.1 Å². The number of benzene rings is 2. The number of phenolic OH excluding ortho intramolecular Hbond substituents is 1. The van der Waals surface area contributed by atoms with Crippen molar-refractivity contribution < 1.29 is 9.90 Å². The number of aromatic hydroxyl groups is 1. The molecule has 2 rings (SSSR count). The Labute approximate surface area is 112 Å². The minimum atomic E-state index is -0.527. The largest absolute Gasteiger partial charge is 0.507 e. The third-order valence-electron chi connectivity index (χ3n) is 2.80. The number of carbonyl (C=O) groups excluding carboxylic acids is 1. The van der Waals surface area contributed by atoms with Crippen molar-refractivity contribution in [3.05, 3.63) is 65.7 Å². The van der Waals surface area contributed by atoms with E-state index < -0.39 is 6.04 Å². The van der Waals surface area contributed by atoms with E-state index in [1.807, 2.05) is 36.4 Å². The first kappa shape index (κ1) is 13.0. The molecule has 0 fully saturated rings. The van der Waals surface area contributed by atoms with Gasteiger partial charge in [0.05, 0.1) is 0 Å². The summed E-state index contributed by atoms with van der Waals surface area (Å²) in [6, 6.07) is 15.8. The van der Waals surface area contributed by atoms with Crippen molar-refractivity contribution in [2.75, 3.05) is 0 Å². The molecule has 2 aromatic carbocycles. The molecule has 0 unspecified atom stereocenters. The minimum Gasteiger partial charge on any atom is -0.507 e. The van der Waals surface area contributed by atoms with Gasteiger partial charge in [-0.2, -0.15) is 0 Å². The van der Waals surface area contributed by atoms with Crippen molar-refractivity contribution >= 4 is 12.0 Å². The fraction of sp³-hybridized carbons (Fsp3) is 0.125. The summed E-state index contributed by atoms with van der Waals surface area (Å²) < 4.78 is 0. The van der Waals surface area contributed by atoms with Gasteiger partial charge >= 0.3 is 0 Å². The van der Waals surface area contributed by atoms with Crippen molar-refractivity contribution in [1.29, 1.82) is 0 Å². The molecule has 0 spiro atoms. The molecular weight excluding hydrogens is 238 g/mol. The average molecular weight is 253 g/mol. The zero-order chi connectivity index (χ0) is 13.7. The number of ketones is 1. The summed E-state index contributed by atoms with van der Waals surface area (Å²) in [5, 5.41) is 9.66. The van der Waals surface area contributed by atoms with Crippen molar-refractivity contribution in [3.63, 3.8) is 0 Å². The van der Waals surface area contributed by atoms with Gasteiger partial charge in [-0.15, -0.1) is 0 Å². The SMILES string of the molecule is CC(=O)[C@H](N=Cc1ccccc1O)c1ccccc1. The minimum absolute atomic E-state index is 0.0297. The average Bonchev–Trinajstić information content (AvgIpc) is 2.42. The fourth-order valence-corrected chi connectivity index (χ4v) is 1.81. The topological polar surface area (TPSA) is 49.7 Å². The highest BCUT2D eigenvalue weighted by Crippen LogP contribution is 2.19. The van der Waals surface area contributed by atoms with Crippen LogP contribution in [0.1, 0.15) is 24.1 Å². The number of nitrogens with zero attached hydrogens (tertiary/aromatic N) is 1. The number of aliphatic imine (C=N–C) groups is 1. The summed E-state index contributed by atoms with van der Waals surface area (Å²) >= 11 is 0. The third-order valence-corrected chi connectivity index (χ3v) is 2.80. The lowest BCUT2D eigenvalue weighted by Gasteiger charge is -2.09. The van der Waals surface area contributed by atoms with Crippen LogP contribution in [0.25, 0.3) is 0 Å². The molecular formula is C16H15NO2. The van der Waals surface area contributed by atoms with E-state index in [9.17, 15) is 9.90 Å². The van der Waals surface area contributed by atoms with Crippen molar-refractivity contribution in [2.45, 2.75) is 13.0 Å². The second-order valence-corrected chi connectivity index (χ2v) is 4.26. The molecule has 19 heavy (non-hydrogen) atoms. The summed E-state index contributed by atoms with van der Waals surface area (Å²) in [7, 11) is 0. The molecule has 0 saturated carbocycles. The molecule has 0 amide bonds. The van der Waals surface area contributed by atoms with E-state index in [0.717, 1.165) is 5.56 Å². The van der Waals surface area contributed by atoms with Crippen LogP contribution in [0.15, 0.2) is 59.6 Å². The lowest BCUT2D eigenvalue weighted by Crippen LogP contribution is -2.06. The van der Waals surface area contributed by atoms with E-state index in [4.69, 9.17) is 0 Å². The highest BCUT2D eigenvalue weighted by Gasteiger charge is 2.14. The first-order valence-electron chi connectivity index (χ1n) is 6.05. The maximum atomic E-state index is 11.7. The Bertz CT molecular complexity index is 591. The summed E-state index contributed by atoms with van der Waals surface area (Å²) in [4.78, 5) is 16.0. The Kier molecular flexibility index (Phi) is 4.08. The van der Waals surface area contributed by atoms with Crippen molar-refractivity contribution in [2.24, 2.45) is 4.99 Å². The fourth-order valence-electron chi connectivity index (χ4n) is 1.81. The molecule has 96 valence electrons. The number of para-hydroxylation sites is 1. The van der Waals surface area contributed by atoms with Gasteiger partial charge in [-0.1, -0.05) is 42.5 Å². The van der Waals surface area contributed by atoms with Gasteiger partial charge in [0.1, 0.15) is 11.8 Å². The monoisotopic (exact) mass is 253 g/mol. The van der Waals surface area contributed by atoms with Gasteiger partial charge in [0.15, 0.2) is 5.78 Å². The molecule has 0 saturated heterocycles. The van der Waals surface area contributed by atoms with Crippen LogP contribution in [-0.2, 0) is 4.79 Å². The Hall–Kier alpha value is -2.42. The second-order valence-electron chi connectivity index (χ2n) is 4.26. The van der Waals surface area contributed by atoms with Crippen LogP contribution in [0.3, 0.4) is 0 Å². The summed E-state index contributed by atoms with van der Waals surface area (Å²) in [6.07, 6.45) is 1.54. The highest BCUT2D eigenvalue weighted by atomic mass is 16.3. The zero-order valence-corrected chi connectivity index (χ0v) is 10.7. The van der Waals surface area contributed by atoms with Gasteiger partial charge in [0.25, 0.3) is 0 Å². The molecule has 0 aromatic heterocycles. The van der Waals surface area contributed by atoms with Crippen LogP contribution in [-0.4, -0.2) is 17.1 Å². The number of Topliss-reactive ketones (excluding diaryl/α,β-unsaturated/α-hetero) is 1. The lowest BCUT2D eigenvalue weighted by atomic mass is 10.0. The highest BCUT2D eigenvalue weighted by molar-refractivity contribution is 5.88. The molecule has 0 heterocycles. The Morgan fingerprint density at radius 2 is 1.74 bits per heavy atom. The quantitative estimate of drug-likeness (QED) is 0.851. The zero-order valence-electron chi connectivity index (χ0n) is 10.7. The van der Waals surface area contributed by atoms with Gasteiger partial charge in [0, 0.05) is 11.8 Å². The number of hydrogen-bond donors (Lipinski definition) is 1. The number of hydrogen-bond acceptors (Lipinski definition) is 3. The summed E-state index contributed by atoms with van der Waals surface area (Å²) in [5.74, 6) is 0.125. The first-order chi connectivity index (χ1) is 9.18. The van der Waals surface area contributed by atoms with E-state index >= 15 is 0 Å². The smallest absolute Gasteiger partial charge is 0.158 e. The van der Waals surface area contributed by atoms with Gasteiger partial charge in [-0.3, -0.25) is 9.79 Å². The molecule has 0 aliphatic carbocycles. The Morgan fingerprint density at radius 3 is 2.37 bits per heavy atom. The van der Waals surface area contributed by atoms with Gasteiger partial charge in [0.2, 0.25) is 0 Å². The summed E-state index contributed by atoms with van der Waals surface area (Å²) in [6.45, 7) is 1.51. The lowest BCUT2D eigenvalue weighted by molar-refractivity contribution is -0.118. The maximum absolute atomic E-state index is 11.7. The molecule has 1 atom stereocenters. The van der Waals surface area contributed by atoms with E-state index in [-0.39, 0.29) is 11.5 Å². The molecule has 2 aromatic rings. The van der Waals surface area contributed by atoms with E-state index in [1.54, 1.807) is 18.2 Å². The molecule has 3 heteroatoms. The Balaban J connectivity index is 2.28. The predicted octanol–water partition coefficient (Wildman–Crippen LogP) is 3.14. The molecule has 0 aliphatic rings. The second kappa shape index (κ2) is 5.96. The molecule has 0 bridgehead atoms. The van der Waals surface area contributed by atoms with Gasteiger partial charge in [-0.05, 0) is 24.6 Å². The van der Waals surface area contributed by atoms with Crippen molar-refractivity contribution in [1.82, 2.24) is 0 Å². The first-order valence-corrected chi connectivity index (χ1v) is 6.05. The van der Waals surface area contributed by atoms with Crippen LogP contribution in [0, 0.1) is 0 Å². The van der Waals surface area contributed by atoms with E-state index in [0.29, 0.717) is 5.56 Å². The molecule has 3 nitrogen and oxygen atoms in total. The van der Waals surface area contributed by atoms with Crippen LogP contribution >= 0.6 is 0 Å². The number of carbonyl (C=O) groups is 1.